The molecule has 0 saturated carbocycles. The van der Waals surface area contributed by atoms with E-state index in [-0.39, 0.29) is 17.4 Å². The summed E-state index contributed by atoms with van der Waals surface area (Å²) >= 11 is 7.35. The third kappa shape index (κ3) is 2.76. The predicted molar refractivity (Wildman–Crippen MR) is 81.0 cm³/mol. The van der Waals surface area contributed by atoms with Gasteiger partial charge in [0.2, 0.25) is 0 Å². The van der Waals surface area contributed by atoms with Crippen LogP contribution in [0.5, 0.6) is 5.75 Å². The number of hydrazine groups is 1. The molecule has 0 radical (unpaired) electrons. The van der Waals surface area contributed by atoms with Crippen molar-refractivity contribution in [2.24, 2.45) is 5.84 Å². The average Bonchev–Trinajstić information content (AvgIpc) is 2.94. The van der Waals surface area contributed by atoms with Gasteiger partial charge in [0.1, 0.15) is 11.4 Å². The smallest absolute Gasteiger partial charge is 0.174 e. The zero-order valence-electron chi connectivity index (χ0n) is 10.6. The Morgan fingerprint density at radius 3 is 2.95 bits per heavy atom. The lowest BCUT2D eigenvalue weighted by Crippen LogP contribution is -2.11. The van der Waals surface area contributed by atoms with Gasteiger partial charge in [-0.3, -0.25) is 0 Å². The summed E-state index contributed by atoms with van der Waals surface area (Å²) < 4.78 is 19.0. The molecule has 3 aromatic rings. The van der Waals surface area contributed by atoms with Gasteiger partial charge in [0, 0.05) is 0 Å². The van der Waals surface area contributed by atoms with E-state index in [2.05, 4.69) is 15.4 Å². The first-order valence-corrected chi connectivity index (χ1v) is 7.22. The van der Waals surface area contributed by atoms with Gasteiger partial charge >= 0.3 is 0 Å². The normalized spacial score (nSPS) is 10.8. The van der Waals surface area contributed by atoms with Gasteiger partial charge in [-0.15, -0.1) is 11.3 Å². The second-order valence-electron chi connectivity index (χ2n) is 4.11. The van der Waals surface area contributed by atoms with Gasteiger partial charge in [0.25, 0.3) is 0 Å². The Morgan fingerprint density at radius 2 is 2.19 bits per heavy atom. The van der Waals surface area contributed by atoms with Crippen LogP contribution in [-0.4, -0.2) is 9.97 Å². The Kier molecular flexibility index (Phi) is 3.87. The number of nitrogens with zero attached hydrogens (tertiary/aromatic N) is 2. The number of nitrogens with two attached hydrogens (primary N) is 1. The fourth-order valence-corrected chi connectivity index (χ4v) is 2.83. The Hall–Kier alpha value is -1.96. The topological polar surface area (TPSA) is 73.1 Å². The molecule has 5 nitrogen and oxygen atoms in total. The van der Waals surface area contributed by atoms with Crippen LogP contribution in [0.2, 0.25) is 5.02 Å². The first-order chi connectivity index (χ1) is 10.2. The molecule has 0 aliphatic heterocycles. The number of rotatable bonds is 4. The molecule has 1 aromatic carbocycles. The van der Waals surface area contributed by atoms with Crippen LogP contribution in [0.1, 0.15) is 5.82 Å². The number of benzene rings is 1. The van der Waals surface area contributed by atoms with Crippen LogP contribution in [0.4, 0.5) is 10.2 Å². The van der Waals surface area contributed by atoms with Crippen molar-refractivity contribution >= 4 is 39.0 Å². The lowest BCUT2D eigenvalue weighted by molar-refractivity contribution is 0.282. The number of fused-ring (bicyclic) bond motifs is 1. The van der Waals surface area contributed by atoms with Gasteiger partial charge in [-0.05, 0) is 23.6 Å². The fourth-order valence-electron chi connectivity index (χ4n) is 1.83. The molecule has 8 heteroatoms. The molecule has 108 valence electrons. The average molecular weight is 325 g/mol. The van der Waals surface area contributed by atoms with E-state index >= 15 is 0 Å². The highest BCUT2D eigenvalue weighted by Crippen LogP contribution is 2.29. The van der Waals surface area contributed by atoms with E-state index in [1.807, 2.05) is 11.4 Å². The Balaban J connectivity index is 1.88. The van der Waals surface area contributed by atoms with Gasteiger partial charge in [0.15, 0.2) is 23.2 Å². The highest BCUT2D eigenvalue weighted by Gasteiger charge is 2.12. The van der Waals surface area contributed by atoms with Gasteiger partial charge < -0.3 is 10.2 Å². The van der Waals surface area contributed by atoms with Crippen molar-refractivity contribution in [1.82, 2.24) is 9.97 Å². The number of nitrogen functional groups attached to an aromatic ring is 1. The van der Waals surface area contributed by atoms with E-state index in [9.17, 15) is 4.39 Å². The van der Waals surface area contributed by atoms with Crippen LogP contribution in [-0.2, 0) is 6.61 Å². The van der Waals surface area contributed by atoms with E-state index in [0.29, 0.717) is 11.6 Å². The van der Waals surface area contributed by atoms with Crippen LogP contribution < -0.4 is 16.0 Å². The van der Waals surface area contributed by atoms with Gasteiger partial charge in [-0.2, -0.15) is 0 Å². The lowest BCUT2D eigenvalue weighted by atomic mass is 10.3. The van der Waals surface area contributed by atoms with Gasteiger partial charge in [0.05, 0.1) is 10.4 Å². The predicted octanol–water partition coefficient (Wildman–Crippen LogP) is 3.35. The molecule has 0 saturated heterocycles. The minimum Gasteiger partial charge on any atom is -0.481 e. The molecular weight excluding hydrogens is 315 g/mol. The maximum absolute atomic E-state index is 13.6. The Morgan fingerprint density at radius 1 is 1.33 bits per heavy atom. The summed E-state index contributed by atoms with van der Waals surface area (Å²) in [6.07, 6.45) is 0. The molecule has 0 bridgehead atoms. The number of hydrogen-bond donors (Lipinski definition) is 2. The van der Waals surface area contributed by atoms with E-state index < -0.39 is 5.82 Å². The minimum atomic E-state index is -0.531. The molecule has 0 atom stereocenters. The molecule has 0 spiro atoms. The molecular formula is C13H10ClFN4OS. The van der Waals surface area contributed by atoms with Crippen LogP contribution in [0.3, 0.4) is 0 Å². The number of nitrogens with one attached hydrogen (secondary N) is 1. The van der Waals surface area contributed by atoms with Crippen molar-refractivity contribution in [3.8, 4) is 5.75 Å². The minimum absolute atomic E-state index is 0.0107. The number of aromatic nitrogens is 2. The summed E-state index contributed by atoms with van der Waals surface area (Å²) in [4.78, 5) is 9.35. The second-order valence-corrected chi connectivity index (χ2v) is 5.41. The Labute approximate surface area is 128 Å². The molecule has 0 aliphatic carbocycles. The van der Waals surface area contributed by atoms with Gasteiger partial charge in [-0.25, -0.2) is 20.2 Å². The number of thiophene rings is 1. The Bertz CT molecular complexity index is 775. The first-order valence-electron chi connectivity index (χ1n) is 5.96. The van der Waals surface area contributed by atoms with Crippen molar-refractivity contribution in [2.75, 3.05) is 5.43 Å². The molecule has 21 heavy (non-hydrogen) atoms. The summed E-state index contributed by atoms with van der Waals surface area (Å²) in [6.45, 7) is -0.0107. The van der Waals surface area contributed by atoms with Crippen molar-refractivity contribution in [3.63, 3.8) is 0 Å². The van der Waals surface area contributed by atoms with E-state index in [0.717, 1.165) is 10.2 Å². The van der Waals surface area contributed by atoms with Crippen molar-refractivity contribution in [3.05, 3.63) is 46.3 Å². The zero-order chi connectivity index (χ0) is 14.8. The summed E-state index contributed by atoms with van der Waals surface area (Å²) in [7, 11) is 0. The van der Waals surface area contributed by atoms with E-state index in [4.69, 9.17) is 22.2 Å². The second kappa shape index (κ2) is 5.80. The van der Waals surface area contributed by atoms with Crippen LogP contribution >= 0.6 is 22.9 Å². The highest BCUT2D eigenvalue weighted by atomic mass is 35.5. The molecule has 0 aliphatic rings. The van der Waals surface area contributed by atoms with Gasteiger partial charge in [-0.1, -0.05) is 17.7 Å². The molecule has 2 heterocycles. The molecule has 3 N–H and O–H groups in total. The number of ether oxygens (including phenoxy) is 1. The van der Waals surface area contributed by atoms with Crippen LogP contribution in [0, 0.1) is 5.82 Å². The summed E-state index contributed by atoms with van der Waals surface area (Å²) in [5, 5.41) is 2.91. The quantitative estimate of drug-likeness (QED) is 0.569. The number of para-hydroxylation sites is 1. The summed E-state index contributed by atoms with van der Waals surface area (Å²) in [5.41, 5.74) is 2.52. The van der Waals surface area contributed by atoms with Crippen molar-refractivity contribution < 1.29 is 9.13 Å². The zero-order valence-corrected chi connectivity index (χ0v) is 12.2. The maximum atomic E-state index is 13.6. The summed E-state index contributed by atoms with van der Waals surface area (Å²) in [6, 6.07) is 6.20. The summed E-state index contributed by atoms with van der Waals surface area (Å²) in [5.74, 6) is 5.78. The third-order valence-corrected chi connectivity index (χ3v) is 3.88. The third-order valence-electron chi connectivity index (χ3n) is 2.77. The van der Waals surface area contributed by atoms with Crippen LogP contribution in [0.15, 0.2) is 29.6 Å². The van der Waals surface area contributed by atoms with E-state index in [1.165, 1.54) is 23.5 Å². The first kappa shape index (κ1) is 14.0. The molecule has 0 unspecified atom stereocenters. The fraction of sp³-hybridized carbons (Fsp3) is 0.0769. The SMILES string of the molecule is NNc1nc(COc2c(F)cccc2Cl)nc2sccc12. The molecule has 3 rings (SSSR count). The standard InChI is InChI=1S/C13H10ClFN4OS/c14-8-2-1-3-9(15)11(8)20-6-10-17-12(19-16)7-4-5-21-13(7)18-10/h1-5H,6,16H2,(H,17,18,19). The molecule has 0 amide bonds. The van der Waals surface area contributed by atoms with Crippen molar-refractivity contribution in [2.45, 2.75) is 6.61 Å². The molecule has 0 fully saturated rings. The van der Waals surface area contributed by atoms with E-state index in [1.54, 1.807) is 6.07 Å². The monoisotopic (exact) mass is 324 g/mol. The largest absolute Gasteiger partial charge is 0.481 e. The number of anilines is 1. The van der Waals surface area contributed by atoms with Crippen molar-refractivity contribution in [1.29, 1.82) is 0 Å². The molecule has 2 aromatic heterocycles. The highest BCUT2D eigenvalue weighted by molar-refractivity contribution is 7.16. The number of hydrogen-bond acceptors (Lipinski definition) is 6. The number of halogens is 2. The lowest BCUT2D eigenvalue weighted by Gasteiger charge is -2.09. The maximum Gasteiger partial charge on any atom is 0.174 e. The van der Waals surface area contributed by atoms with Crippen LogP contribution in [0.25, 0.3) is 10.2 Å².